The SMILES string of the molecule is Cc1nn(-c2ccc(OC(F)(F)F)cc2)cc1C1=CCN(C(=O)OC(C)(C)C)CC1. The molecule has 0 aliphatic carbocycles. The number of carbonyl (C=O) groups excluding carboxylic acids is 1. The highest BCUT2D eigenvalue weighted by atomic mass is 19.4. The Balaban J connectivity index is 1.72. The van der Waals surface area contributed by atoms with Crippen molar-refractivity contribution in [2.24, 2.45) is 0 Å². The molecular weight excluding hydrogens is 399 g/mol. The van der Waals surface area contributed by atoms with E-state index in [0.29, 0.717) is 25.2 Å². The Labute approximate surface area is 172 Å². The number of nitrogens with zero attached hydrogens (tertiary/aromatic N) is 3. The molecule has 0 unspecified atom stereocenters. The highest BCUT2D eigenvalue weighted by Gasteiger charge is 2.31. The Morgan fingerprint density at radius 1 is 1.13 bits per heavy atom. The first-order chi connectivity index (χ1) is 13.9. The van der Waals surface area contributed by atoms with E-state index in [-0.39, 0.29) is 11.8 Å². The molecule has 0 saturated carbocycles. The molecule has 0 spiro atoms. The van der Waals surface area contributed by atoms with Crippen LogP contribution in [0.2, 0.25) is 0 Å². The van der Waals surface area contributed by atoms with Gasteiger partial charge < -0.3 is 14.4 Å². The molecule has 6 nitrogen and oxygen atoms in total. The molecule has 9 heteroatoms. The van der Waals surface area contributed by atoms with Crippen molar-refractivity contribution < 1.29 is 27.4 Å². The summed E-state index contributed by atoms with van der Waals surface area (Å²) < 4.78 is 47.8. The summed E-state index contributed by atoms with van der Waals surface area (Å²) in [5, 5.41) is 4.47. The van der Waals surface area contributed by atoms with Crippen LogP contribution in [0.4, 0.5) is 18.0 Å². The summed E-state index contributed by atoms with van der Waals surface area (Å²) in [5.41, 5.74) is 2.87. The number of halogens is 3. The summed E-state index contributed by atoms with van der Waals surface area (Å²) in [6, 6.07) is 5.52. The lowest BCUT2D eigenvalue weighted by Crippen LogP contribution is -2.39. The summed E-state index contributed by atoms with van der Waals surface area (Å²) in [4.78, 5) is 13.9. The van der Waals surface area contributed by atoms with Crippen LogP contribution in [-0.2, 0) is 4.74 Å². The van der Waals surface area contributed by atoms with Gasteiger partial charge in [0, 0.05) is 24.8 Å². The van der Waals surface area contributed by atoms with Gasteiger partial charge in [-0.15, -0.1) is 13.2 Å². The minimum absolute atomic E-state index is 0.285. The van der Waals surface area contributed by atoms with Gasteiger partial charge in [0.1, 0.15) is 11.4 Å². The van der Waals surface area contributed by atoms with Crippen molar-refractivity contribution in [3.8, 4) is 11.4 Å². The fourth-order valence-corrected chi connectivity index (χ4v) is 3.11. The molecule has 162 valence electrons. The van der Waals surface area contributed by atoms with Crippen LogP contribution >= 0.6 is 0 Å². The molecule has 0 atom stereocenters. The minimum Gasteiger partial charge on any atom is -0.444 e. The van der Waals surface area contributed by atoms with E-state index in [1.54, 1.807) is 9.58 Å². The maximum absolute atomic E-state index is 12.3. The molecule has 1 aliphatic heterocycles. The first kappa shape index (κ1) is 21.7. The third-order valence-corrected chi connectivity index (χ3v) is 4.44. The molecular formula is C21H24F3N3O3. The number of rotatable bonds is 3. The lowest BCUT2D eigenvalue weighted by molar-refractivity contribution is -0.274. The van der Waals surface area contributed by atoms with Gasteiger partial charge in [-0.1, -0.05) is 6.08 Å². The first-order valence-electron chi connectivity index (χ1n) is 9.51. The predicted molar refractivity (Wildman–Crippen MR) is 105 cm³/mol. The van der Waals surface area contributed by atoms with Gasteiger partial charge in [-0.3, -0.25) is 0 Å². The van der Waals surface area contributed by atoms with E-state index in [0.717, 1.165) is 16.8 Å². The zero-order chi connectivity index (χ0) is 22.1. The molecule has 30 heavy (non-hydrogen) atoms. The van der Waals surface area contributed by atoms with Crippen molar-refractivity contribution in [2.45, 2.75) is 46.1 Å². The van der Waals surface area contributed by atoms with Crippen LogP contribution in [0, 0.1) is 6.92 Å². The second-order valence-electron chi connectivity index (χ2n) is 8.02. The number of ether oxygens (including phenoxy) is 2. The molecule has 2 heterocycles. The van der Waals surface area contributed by atoms with Gasteiger partial charge in [0.2, 0.25) is 0 Å². The molecule has 0 N–H and O–H groups in total. The normalized spacial score (nSPS) is 15.0. The van der Waals surface area contributed by atoms with Crippen LogP contribution in [0.1, 0.15) is 38.4 Å². The minimum atomic E-state index is -4.72. The number of aryl methyl sites for hydroxylation is 1. The van der Waals surface area contributed by atoms with E-state index >= 15 is 0 Å². The highest BCUT2D eigenvalue weighted by molar-refractivity contribution is 5.73. The van der Waals surface area contributed by atoms with Gasteiger partial charge in [-0.25, -0.2) is 9.48 Å². The standard InChI is InChI=1S/C21H24F3N3O3/c1-14-18(15-9-11-26(12-10-15)19(28)30-20(2,3)4)13-27(25-14)16-5-7-17(8-6-16)29-21(22,23)24/h5-9,13H,10-12H2,1-4H3. The molecule has 0 radical (unpaired) electrons. The first-order valence-corrected chi connectivity index (χ1v) is 9.51. The Hall–Kier alpha value is -2.97. The van der Waals surface area contributed by atoms with Crippen molar-refractivity contribution in [3.63, 3.8) is 0 Å². The Kier molecular flexibility index (Phi) is 5.83. The quantitative estimate of drug-likeness (QED) is 0.689. The van der Waals surface area contributed by atoms with Crippen molar-refractivity contribution in [2.75, 3.05) is 13.1 Å². The monoisotopic (exact) mass is 423 g/mol. The number of alkyl halides is 3. The van der Waals surface area contributed by atoms with Crippen molar-refractivity contribution >= 4 is 11.7 Å². The van der Waals surface area contributed by atoms with E-state index in [1.165, 1.54) is 24.3 Å². The maximum Gasteiger partial charge on any atom is 0.573 e. The summed E-state index contributed by atoms with van der Waals surface area (Å²) in [7, 11) is 0. The fraction of sp³-hybridized carbons (Fsp3) is 0.429. The summed E-state index contributed by atoms with van der Waals surface area (Å²) in [6.07, 6.45) is -0.598. The largest absolute Gasteiger partial charge is 0.573 e. The number of hydrogen-bond acceptors (Lipinski definition) is 4. The number of aromatic nitrogens is 2. The summed E-state index contributed by atoms with van der Waals surface area (Å²) in [5.74, 6) is -0.285. The third kappa shape index (κ3) is 5.55. The zero-order valence-electron chi connectivity index (χ0n) is 17.3. The lowest BCUT2D eigenvalue weighted by Gasteiger charge is -2.29. The van der Waals surface area contributed by atoms with Crippen LogP contribution in [-0.4, -0.2) is 45.8 Å². The lowest BCUT2D eigenvalue weighted by atomic mass is 10.0. The van der Waals surface area contributed by atoms with E-state index < -0.39 is 12.0 Å². The molecule has 1 aliphatic rings. The smallest absolute Gasteiger partial charge is 0.444 e. The maximum atomic E-state index is 12.3. The van der Waals surface area contributed by atoms with Gasteiger partial charge in [0.05, 0.1) is 11.4 Å². The van der Waals surface area contributed by atoms with Crippen LogP contribution < -0.4 is 4.74 Å². The van der Waals surface area contributed by atoms with Crippen LogP contribution in [0.3, 0.4) is 0 Å². The van der Waals surface area contributed by atoms with E-state index in [9.17, 15) is 18.0 Å². The summed E-state index contributed by atoms with van der Waals surface area (Å²) in [6.45, 7) is 8.34. The Morgan fingerprint density at radius 3 is 2.33 bits per heavy atom. The van der Waals surface area contributed by atoms with Gasteiger partial charge in [0.15, 0.2) is 0 Å². The topological polar surface area (TPSA) is 56.6 Å². The Morgan fingerprint density at radius 2 is 1.80 bits per heavy atom. The van der Waals surface area contributed by atoms with E-state index in [1.807, 2.05) is 40.0 Å². The average Bonchev–Trinajstić information content (AvgIpc) is 3.01. The molecule has 1 aromatic carbocycles. The van der Waals surface area contributed by atoms with E-state index in [2.05, 4.69) is 9.84 Å². The molecule has 2 aromatic rings. The van der Waals surface area contributed by atoms with Crippen molar-refractivity contribution in [1.82, 2.24) is 14.7 Å². The van der Waals surface area contributed by atoms with Crippen LogP contribution in [0.25, 0.3) is 11.3 Å². The number of hydrogen-bond donors (Lipinski definition) is 0. The molecule has 0 fully saturated rings. The fourth-order valence-electron chi connectivity index (χ4n) is 3.11. The van der Waals surface area contributed by atoms with Crippen LogP contribution in [0.5, 0.6) is 5.75 Å². The van der Waals surface area contributed by atoms with Crippen molar-refractivity contribution in [1.29, 1.82) is 0 Å². The number of carbonyl (C=O) groups is 1. The molecule has 1 amide bonds. The van der Waals surface area contributed by atoms with Crippen LogP contribution in [0.15, 0.2) is 36.5 Å². The van der Waals surface area contributed by atoms with E-state index in [4.69, 9.17) is 4.74 Å². The van der Waals surface area contributed by atoms with Gasteiger partial charge in [0.25, 0.3) is 0 Å². The number of benzene rings is 1. The van der Waals surface area contributed by atoms with Gasteiger partial charge in [-0.05, 0) is 64.0 Å². The summed E-state index contributed by atoms with van der Waals surface area (Å²) >= 11 is 0. The number of amides is 1. The highest BCUT2D eigenvalue weighted by Crippen LogP contribution is 2.28. The van der Waals surface area contributed by atoms with Gasteiger partial charge >= 0.3 is 12.5 Å². The second-order valence-corrected chi connectivity index (χ2v) is 8.02. The molecule has 0 saturated heterocycles. The van der Waals surface area contributed by atoms with Gasteiger partial charge in [-0.2, -0.15) is 5.10 Å². The predicted octanol–water partition coefficient (Wildman–Crippen LogP) is 5.10. The average molecular weight is 423 g/mol. The van der Waals surface area contributed by atoms with Crippen molar-refractivity contribution in [3.05, 3.63) is 47.8 Å². The second kappa shape index (κ2) is 8.04. The molecule has 3 rings (SSSR count). The third-order valence-electron chi connectivity index (χ3n) is 4.44. The molecule has 1 aromatic heterocycles. The zero-order valence-corrected chi connectivity index (χ0v) is 17.3. The molecule has 0 bridgehead atoms. The Bertz CT molecular complexity index is 941.